The van der Waals surface area contributed by atoms with Gasteiger partial charge in [-0.3, -0.25) is 0 Å². The van der Waals surface area contributed by atoms with Crippen LogP contribution in [0.15, 0.2) is 30.3 Å². The van der Waals surface area contributed by atoms with E-state index >= 15 is 0 Å². The van der Waals surface area contributed by atoms with Crippen molar-refractivity contribution in [2.24, 2.45) is 0 Å². The third-order valence-electron chi connectivity index (χ3n) is 3.72. The largest absolute Gasteiger partial charge is 0.378 e. The molecule has 1 saturated heterocycles. The van der Waals surface area contributed by atoms with Crippen LogP contribution in [0.25, 0.3) is 0 Å². The van der Waals surface area contributed by atoms with Crippen LogP contribution in [0.3, 0.4) is 0 Å². The number of nitrogens with one attached hydrogen (secondary N) is 2. The molecular formula is C17H20ClN5O2. The Morgan fingerprint density at radius 3 is 2.68 bits per heavy atom. The molecule has 0 saturated carbocycles. The molecule has 0 aliphatic carbocycles. The summed E-state index contributed by atoms with van der Waals surface area (Å²) in [6.07, 6.45) is 0. The number of amides is 2. The molecule has 0 unspecified atom stereocenters. The number of aromatic nitrogens is 2. The van der Waals surface area contributed by atoms with Crippen molar-refractivity contribution >= 4 is 29.3 Å². The Morgan fingerprint density at radius 2 is 1.96 bits per heavy atom. The van der Waals surface area contributed by atoms with E-state index in [0.29, 0.717) is 36.4 Å². The van der Waals surface area contributed by atoms with E-state index in [4.69, 9.17) is 16.3 Å². The molecule has 0 spiro atoms. The number of urea groups is 1. The van der Waals surface area contributed by atoms with E-state index in [9.17, 15) is 4.79 Å². The average molecular weight is 362 g/mol. The molecule has 2 aromatic rings. The van der Waals surface area contributed by atoms with Crippen molar-refractivity contribution < 1.29 is 9.53 Å². The van der Waals surface area contributed by atoms with Gasteiger partial charge in [0.1, 0.15) is 0 Å². The number of hydrogen-bond donors (Lipinski definition) is 2. The first-order valence-corrected chi connectivity index (χ1v) is 8.45. The summed E-state index contributed by atoms with van der Waals surface area (Å²) < 4.78 is 5.35. The lowest BCUT2D eigenvalue weighted by atomic mass is 10.3. The fourth-order valence-electron chi connectivity index (χ4n) is 2.49. The zero-order chi connectivity index (χ0) is 17.6. The number of rotatable bonds is 4. The van der Waals surface area contributed by atoms with Gasteiger partial charge in [0.2, 0.25) is 5.95 Å². The number of carbonyl (C=O) groups is 1. The molecule has 132 valence electrons. The van der Waals surface area contributed by atoms with Crippen molar-refractivity contribution in [1.82, 2.24) is 15.3 Å². The van der Waals surface area contributed by atoms with Crippen LogP contribution in [-0.2, 0) is 11.3 Å². The Hall–Kier alpha value is -2.38. The summed E-state index contributed by atoms with van der Waals surface area (Å²) in [5.41, 5.74) is 2.31. The molecule has 2 amide bonds. The van der Waals surface area contributed by atoms with Gasteiger partial charge in [-0.1, -0.05) is 11.6 Å². The lowest BCUT2D eigenvalue weighted by Gasteiger charge is -2.27. The maximum atomic E-state index is 12.0. The molecule has 8 heteroatoms. The van der Waals surface area contributed by atoms with Crippen molar-refractivity contribution in [3.05, 3.63) is 46.7 Å². The summed E-state index contributed by atoms with van der Waals surface area (Å²) in [4.78, 5) is 23.1. The second kappa shape index (κ2) is 8.13. The molecular weight excluding hydrogens is 342 g/mol. The first-order chi connectivity index (χ1) is 12.1. The van der Waals surface area contributed by atoms with E-state index in [1.165, 1.54) is 0 Å². The van der Waals surface area contributed by atoms with Gasteiger partial charge in [0.25, 0.3) is 0 Å². The number of anilines is 2. The van der Waals surface area contributed by atoms with E-state index in [1.807, 2.05) is 13.0 Å². The van der Waals surface area contributed by atoms with Crippen molar-refractivity contribution in [3.63, 3.8) is 0 Å². The first-order valence-electron chi connectivity index (χ1n) is 8.08. The number of morpholine rings is 1. The average Bonchev–Trinajstić information content (AvgIpc) is 2.62. The number of aryl methyl sites for hydroxylation is 1. The fourth-order valence-corrected chi connectivity index (χ4v) is 2.62. The van der Waals surface area contributed by atoms with Gasteiger partial charge >= 0.3 is 6.03 Å². The molecule has 1 aromatic carbocycles. The summed E-state index contributed by atoms with van der Waals surface area (Å²) in [6.45, 7) is 5.13. The number of ether oxygens (including phenoxy) is 1. The lowest BCUT2D eigenvalue weighted by Crippen LogP contribution is -2.37. The van der Waals surface area contributed by atoms with Crippen LogP contribution >= 0.6 is 11.6 Å². The molecule has 1 aromatic heterocycles. The van der Waals surface area contributed by atoms with Gasteiger partial charge in [0.05, 0.1) is 25.5 Å². The number of nitrogens with zero attached hydrogens (tertiary/aromatic N) is 3. The molecule has 1 aliphatic heterocycles. The lowest BCUT2D eigenvalue weighted by molar-refractivity contribution is 0.122. The standard InChI is InChI=1S/C17H20ClN5O2/c1-12-10-15(21-16(20-12)23-6-8-25-9-7-23)11-19-17(24)22-14-4-2-13(18)3-5-14/h2-5,10H,6-9,11H2,1H3,(H2,19,22,24). The molecule has 0 bridgehead atoms. The first kappa shape index (κ1) is 17.4. The quantitative estimate of drug-likeness (QED) is 0.875. The summed E-state index contributed by atoms with van der Waals surface area (Å²) >= 11 is 5.83. The molecule has 2 N–H and O–H groups in total. The van der Waals surface area contributed by atoms with Crippen molar-refractivity contribution in [2.45, 2.75) is 13.5 Å². The zero-order valence-electron chi connectivity index (χ0n) is 14.0. The van der Waals surface area contributed by atoms with Gasteiger partial charge in [-0.05, 0) is 37.3 Å². The van der Waals surface area contributed by atoms with Gasteiger partial charge in [-0.15, -0.1) is 0 Å². The maximum Gasteiger partial charge on any atom is 0.319 e. The molecule has 1 aliphatic rings. The molecule has 2 heterocycles. The van der Waals surface area contributed by atoms with E-state index < -0.39 is 0 Å². The number of benzene rings is 1. The Balaban J connectivity index is 1.59. The van der Waals surface area contributed by atoms with Gasteiger partial charge in [0, 0.05) is 29.5 Å². The predicted molar refractivity (Wildman–Crippen MR) is 97.1 cm³/mol. The van der Waals surface area contributed by atoms with Crippen LogP contribution in [-0.4, -0.2) is 42.3 Å². The normalized spacial score (nSPS) is 14.2. The van der Waals surface area contributed by atoms with Crippen LogP contribution < -0.4 is 15.5 Å². The molecule has 0 radical (unpaired) electrons. The summed E-state index contributed by atoms with van der Waals surface area (Å²) in [6, 6.07) is 8.50. The van der Waals surface area contributed by atoms with Crippen LogP contribution in [0, 0.1) is 6.92 Å². The molecule has 1 fully saturated rings. The third kappa shape index (κ3) is 5.04. The third-order valence-corrected chi connectivity index (χ3v) is 3.97. The minimum atomic E-state index is -0.300. The highest BCUT2D eigenvalue weighted by Crippen LogP contribution is 2.14. The molecule has 25 heavy (non-hydrogen) atoms. The molecule has 3 rings (SSSR count). The number of carbonyl (C=O) groups excluding carboxylic acids is 1. The minimum Gasteiger partial charge on any atom is -0.378 e. The van der Waals surface area contributed by atoms with Crippen LogP contribution in [0.1, 0.15) is 11.4 Å². The Labute approximate surface area is 151 Å². The van der Waals surface area contributed by atoms with E-state index in [2.05, 4.69) is 25.5 Å². The summed E-state index contributed by atoms with van der Waals surface area (Å²) in [7, 11) is 0. The van der Waals surface area contributed by atoms with E-state index in [1.54, 1.807) is 24.3 Å². The number of hydrogen-bond acceptors (Lipinski definition) is 5. The fraction of sp³-hybridized carbons (Fsp3) is 0.353. The summed E-state index contributed by atoms with van der Waals surface area (Å²) in [5, 5.41) is 6.18. The molecule has 7 nitrogen and oxygen atoms in total. The second-order valence-corrected chi connectivity index (χ2v) is 6.15. The zero-order valence-corrected chi connectivity index (χ0v) is 14.7. The Morgan fingerprint density at radius 1 is 1.24 bits per heavy atom. The highest BCUT2D eigenvalue weighted by atomic mass is 35.5. The van der Waals surface area contributed by atoms with Gasteiger partial charge < -0.3 is 20.3 Å². The van der Waals surface area contributed by atoms with Crippen LogP contribution in [0.4, 0.5) is 16.4 Å². The van der Waals surface area contributed by atoms with Gasteiger partial charge in [-0.25, -0.2) is 14.8 Å². The highest BCUT2D eigenvalue weighted by Gasteiger charge is 2.15. The monoisotopic (exact) mass is 361 g/mol. The second-order valence-electron chi connectivity index (χ2n) is 5.71. The van der Waals surface area contributed by atoms with Crippen molar-refractivity contribution in [1.29, 1.82) is 0 Å². The van der Waals surface area contributed by atoms with Crippen molar-refractivity contribution in [3.8, 4) is 0 Å². The van der Waals surface area contributed by atoms with E-state index in [-0.39, 0.29) is 6.03 Å². The topological polar surface area (TPSA) is 79.4 Å². The van der Waals surface area contributed by atoms with Crippen LogP contribution in [0.5, 0.6) is 0 Å². The predicted octanol–water partition coefficient (Wildman–Crippen LogP) is 2.60. The van der Waals surface area contributed by atoms with E-state index in [0.717, 1.165) is 24.5 Å². The highest BCUT2D eigenvalue weighted by molar-refractivity contribution is 6.30. The SMILES string of the molecule is Cc1cc(CNC(=O)Nc2ccc(Cl)cc2)nc(N2CCOCC2)n1. The summed E-state index contributed by atoms with van der Waals surface area (Å²) in [5.74, 6) is 0.679. The maximum absolute atomic E-state index is 12.0. The van der Waals surface area contributed by atoms with Gasteiger partial charge in [-0.2, -0.15) is 0 Å². The smallest absolute Gasteiger partial charge is 0.319 e. The molecule has 0 atom stereocenters. The van der Waals surface area contributed by atoms with Crippen molar-refractivity contribution in [2.75, 3.05) is 36.5 Å². The Bertz CT molecular complexity index is 732. The van der Waals surface area contributed by atoms with Crippen LogP contribution in [0.2, 0.25) is 5.02 Å². The van der Waals surface area contributed by atoms with Gasteiger partial charge in [0.15, 0.2) is 0 Å². The number of halogens is 1. The Kier molecular flexibility index (Phi) is 5.67. The minimum absolute atomic E-state index is 0.300.